The number of halogens is 3. The Hall–Kier alpha value is -3.95. The Morgan fingerprint density at radius 1 is 1.05 bits per heavy atom. The summed E-state index contributed by atoms with van der Waals surface area (Å²) in [5.41, 5.74) is 0.392. The van der Waals surface area contributed by atoms with Crippen molar-refractivity contribution in [1.82, 2.24) is 5.32 Å². The molecule has 1 heterocycles. The fourth-order valence-electron chi connectivity index (χ4n) is 4.02. The third-order valence-corrected chi connectivity index (χ3v) is 6.79. The van der Waals surface area contributed by atoms with Crippen LogP contribution in [0.1, 0.15) is 34.8 Å². The van der Waals surface area contributed by atoms with Gasteiger partial charge in [-0.05, 0) is 42.8 Å². The average molecular weight is 572 g/mol. The molecule has 3 aromatic rings. The van der Waals surface area contributed by atoms with Gasteiger partial charge in [0.15, 0.2) is 0 Å². The average Bonchev–Trinajstić information content (AvgIpc) is 3.32. The van der Waals surface area contributed by atoms with Gasteiger partial charge in [0.1, 0.15) is 11.9 Å². The van der Waals surface area contributed by atoms with Crippen LogP contribution in [0.3, 0.4) is 0 Å². The van der Waals surface area contributed by atoms with E-state index >= 15 is 0 Å². The quantitative estimate of drug-likeness (QED) is 0.363. The van der Waals surface area contributed by atoms with Crippen molar-refractivity contribution in [3.8, 4) is 0 Å². The lowest BCUT2D eigenvalue weighted by Crippen LogP contribution is -2.52. The predicted octanol–water partition coefficient (Wildman–Crippen LogP) is 5.17. The highest BCUT2D eigenvalue weighted by atomic mass is 35.5. The molecule has 202 valence electrons. The Morgan fingerprint density at radius 3 is 2.36 bits per heavy atom. The second-order valence-electron chi connectivity index (χ2n) is 9.02. The van der Waals surface area contributed by atoms with E-state index in [1.54, 1.807) is 60.7 Å². The van der Waals surface area contributed by atoms with Gasteiger partial charge < -0.3 is 20.2 Å². The van der Waals surface area contributed by atoms with Crippen molar-refractivity contribution in [3.63, 3.8) is 0 Å². The van der Waals surface area contributed by atoms with Gasteiger partial charge in [-0.25, -0.2) is 9.18 Å². The molecule has 0 aliphatic carbocycles. The zero-order valence-corrected chi connectivity index (χ0v) is 22.5. The summed E-state index contributed by atoms with van der Waals surface area (Å²) in [5, 5.41) is 9.74. The predicted molar refractivity (Wildman–Crippen MR) is 146 cm³/mol. The lowest BCUT2D eigenvalue weighted by Gasteiger charge is -2.24. The summed E-state index contributed by atoms with van der Waals surface area (Å²) in [5.74, 6) is -2.22. The molecule has 2 atom stereocenters. The first kappa shape index (κ1) is 28.1. The molecular formula is C28H24Cl2FN3O5. The zero-order chi connectivity index (χ0) is 28.2. The molecule has 4 rings (SSSR count). The maximum absolute atomic E-state index is 14.2. The lowest BCUT2D eigenvalue weighted by atomic mass is 9.94. The maximum atomic E-state index is 14.2. The Bertz CT molecular complexity index is 1430. The van der Waals surface area contributed by atoms with Crippen molar-refractivity contribution in [2.75, 3.05) is 12.4 Å². The number of rotatable bonds is 8. The number of hydrogen-bond donors (Lipinski definition) is 2. The van der Waals surface area contributed by atoms with E-state index in [4.69, 9.17) is 32.8 Å². The van der Waals surface area contributed by atoms with Gasteiger partial charge in [-0.2, -0.15) is 0 Å². The van der Waals surface area contributed by atoms with E-state index in [-0.39, 0.29) is 39.7 Å². The van der Waals surface area contributed by atoms with Crippen LogP contribution in [-0.2, 0) is 25.6 Å². The third kappa shape index (κ3) is 6.38. The normalized spacial score (nSPS) is 17.0. The molecule has 0 radical (unpaired) electrons. The van der Waals surface area contributed by atoms with E-state index in [2.05, 4.69) is 15.8 Å². The molecule has 11 heteroatoms. The van der Waals surface area contributed by atoms with Gasteiger partial charge in [-0.3, -0.25) is 9.59 Å². The van der Waals surface area contributed by atoms with Crippen molar-refractivity contribution in [3.05, 3.63) is 99.3 Å². The van der Waals surface area contributed by atoms with Crippen LogP contribution in [0.25, 0.3) is 0 Å². The van der Waals surface area contributed by atoms with Crippen LogP contribution in [0.4, 0.5) is 10.1 Å². The van der Waals surface area contributed by atoms with Gasteiger partial charge in [0.2, 0.25) is 5.60 Å². The maximum Gasteiger partial charge on any atom is 0.328 e. The van der Waals surface area contributed by atoms with Gasteiger partial charge in [0.25, 0.3) is 11.8 Å². The number of methoxy groups -OCH3 is 1. The summed E-state index contributed by atoms with van der Waals surface area (Å²) >= 11 is 12.2. The molecule has 39 heavy (non-hydrogen) atoms. The second-order valence-corrected chi connectivity index (χ2v) is 9.83. The van der Waals surface area contributed by atoms with Crippen molar-refractivity contribution >= 4 is 52.4 Å². The fourth-order valence-corrected chi connectivity index (χ4v) is 4.59. The van der Waals surface area contributed by atoms with Gasteiger partial charge >= 0.3 is 5.97 Å². The highest BCUT2D eigenvalue weighted by molar-refractivity contribution is 6.40. The summed E-state index contributed by atoms with van der Waals surface area (Å²) in [6.07, 6.45) is 0.109. The number of benzene rings is 3. The Morgan fingerprint density at radius 2 is 1.72 bits per heavy atom. The Balaban J connectivity index is 1.41. The van der Waals surface area contributed by atoms with Crippen LogP contribution in [0, 0.1) is 5.82 Å². The number of esters is 1. The lowest BCUT2D eigenvalue weighted by molar-refractivity contribution is -0.150. The Kier molecular flexibility index (Phi) is 8.52. The number of carbonyl (C=O) groups excluding carboxylic acids is 3. The minimum absolute atomic E-state index is 0.0114. The van der Waals surface area contributed by atoms with Crippen LogP contribution in [0.15, 0.2) is 71.9 Å². The van der Waals surface area contributed by atoms with Crippen molar-refractivity contribution in [1.29, 1.82) is 0 Å². The first-order valence-corrected chi connectivity index (χ1v) is 12.6. The van der Waals surface area contributed by atoms with Crippen LogP contribution in [-0.4, -0.2) is 42.2 Å². The minimum atomic E-state index is -1.45. The number of carbonyl (C=O) groups is 3. The summed E-state index contributed by atoms with van der Waals surface area (Å²) in [6.45, 7) is 1.51. The minimum Gasteiger partial charge on any atom is -0.467 e. The first-order chi connectivity index (χ1) is 18.6. The van der Waals surface area contributed by atoms with Crippen LogP contribution < -0.4 is 10.6 Å². The molecule has 0 aromatic heterocycles. The largest absolute Gasteiger partial charge is 0.467 e. The van der Waals surface area contributed by atoms with Crippen LogP contribution in [0.2, 0.25) is 10.0 Å². The van der Waals surface area contributed by atoms with Crippen molar-refractivity contribution in [2.24, 2.45) is 5.16 Å². The van der Waals surface area contributed by atoms with Gasteiger partial charge in [-0.1, -0.05) is 64.8 Å². The van der Waals surface area contributed by atoms with E-state index in [1.807, 2.05) is 0 Å². The molecule has 8 nitrogen and oxygen atoms in total. The molecule has 2 amide bonds. The fraction of sp³-hybridized carbons (Fsp3) is 0.214. The molecule has 0 bridgehead atoms. The van der Waals surface area contributed by atoms with Crippen LogP contribution in [0.5, 0.6) is 0 Å². The van der Waals surface area contributed by atoms with Crippen molar-refractivity contribution in [2.45, 2.75) is 31.4 Å². The molecule has 1 aliphatic rings. The van der Waals surface area contributed by atoms with Gasteiger partial charge in [0, 0.05) is 24.1 Å². The molecule has 0 saturated heterocycles. The standard InChI is InChI=1S/C28H24Cl2FN3O5/c1-28(15-23(34-39-28)18-6-3-4-9-21(18)31)27(37)33-22(26(36)38-2)14-16-10-12-17(13-11-16)32-25(35)24-19(29)7-5-8-20(24)30/h3-13,22H,14-15H2,1-2H3,(H,32,35)(H,33,37)/t22-,28?/m0/s1. The van der Waals surface area contributed by atoms with E-state index in [0.29, 0.717) is 11.3 Å². The molecule has 2 N–H and O–H groups in total. The number of nitrogens with one attached hydrogen (secondary N) is 2. The molecular weight excluding hydrogens is 548 g/mol. The van der Waals surface area contributed by atoms with Crippen LogP contribution >= 0.6 is 23.2 Å². The summed E-state index contributed by atoms with van der Waals surface area (Å²) < 4.78 is 19.1. The second kappa shape index (κ2) is 11.8. The smallest absolute Gasteiger partial charge is 0.328 e. The topological polar surface area (TPSA) is 106 Å². The van der Waals surface area contributed by atoms with E-state index < -0.39 is 35.2 Å². The summed E-state index contributed by atoms with van der Waals surface area (Å²) in [6, 6.07) is 16.5. The first-order valence-electron chi connectivity index (χ1n) is 11.8. The van der Waals surface area contributed by atoms with Crippen molar-refractivity contribution < 1.29 is 28.3 Å². The number of amides is 2. The molecule has 3 aromatic carbocycles. The monoisotopic (exact) mass is 571 g/mol. The van der Waals surface area contributed by atoms with E-state index in [9.17, 15) is 18.8 Å². The highest BCUT2D eigenvalue weighted by Crippen LogP contribution is 2.28. The molecule has 0 spiro atoms. The number of anilines is 1. The summed E-state index contributed by atoms with van der Waals surface area (Å²) in [4.78, 5) is 43.7. The molecule has 0 fully saturated rings. The molecule has 1 unspecified atom stereocenters. The van der Waals surface area contributed by atoms with E-state index in [0.717, 1.165) is 0 Å². The number of ether oxygens (including phenoxy) is 1. The zero-order valence-electron chi connectivity index (χ0n) is 21.0. The SMILES string of the molecule is COC(=O)[C@H](Cc1ccc(NC(=O)c2c(Cl)cccc2Cl)cc1)NC(=O)C1(C)CC(c2ccccc2F)=NO1. The third-order valence-electron chi connectivity index (χ3n) is 6.16. The van der Waals surface area contributed by atoms with Gasteiger partial charge in [-0.15, -0.1) is 0 Å². The summed E-state index contributed by atoms with van der Waals surface area (Å²) in [7, 11) is 1.22. The van der Waals surface area contributed by atoms with Gasteiger partial charge in [0.05, 0.1) is 28.4 Å². The highest BCUT2D eigenvalue weighted by Gasteiger charge is 2.44. The molecule has 1 aliphatic heterocycles. The Labute approximate surface area is 234 Å². The molecule has 0 saturated carbocycles. The number of nitrogens with zero attached hydrogens (tertiary/aromatic N) is 1. The number of oxime groups is 1. The van der Waals surface area contributed by atoms with E-state index in [1.165, 1.54) is 20.1 Å². The number of hydrogen-bond acceptors (Lipinski definition) is 6.